The predicted octanol–water partition coefficient (Wildman–Crippen LogP) is 0.998. The van der Waals surface area contributed by atoms with Gasteiger partial charge in [0.2, 0.25) is 0 Å². The third-order valence-corrected chi connectivity index (χ3v) is 2.97. The first-order valence-electron chi connectivity index (χ1n) is 5.76. The van der Waals surface area contributed by atoms with Crippen molar-refractivity contribution in [3.8, 4) is 0 Å². The van der Waals surface area contributed by atoms with Crippen LogP contribution in [0.15, 0.2) is 12.4 Å². The van der Waals surface area contributed by atoms with E-state index in [1.807, 2.05) is 17.9 Å². The van der Waals surface area contributed by atoms with Crippen LogP contribution in [0.3, 0.4) is 0 Å². The molecule has 1 aliphatic rings. The van der Waals surface area contributed by atoms with E-state index in [9.17, 15) is 0 Å². The summed E-state index contributed by atoms with van der Waals surface area (Å²) >= 11 is 0. The molecule has 84 valence electrons. The maximum Gasteiger partial charge on any atom is 0.0752 e. The molecule has 4 nitrogen and oxygen atoms in total. The molecule has 1 atom stereocenters. The molecule has 0 radical (unpaired) electrons. The van der Waals surface area contributed by atoms with Crippen molar-refractivity contribution in [1.82, 2.24) is 15.1 Å². The van der Waals surface area contributed by atoms with Gasteiger partial charge in [-0.3, -0.25) is 4.68 Å². The third-order valence-electron chi connectivity index (χ3n) is 2.97. The van der Waals surface area contributed by atoms with E-state index in [1.54, 1.807) is 0 Å². The van der Waals surface area contributed by atoms with Crippen molar-refractivity contribution in [2.45, 2.75) is 25.8 Å². The molecule has 1 aliphatic heterocycles. The number of likely N-dealkylation sites (N-methyl/N-ethyl adjacent to an activating group) is 1. The first-order chi connectivity index (χ1) is 7.29. The van der Waals surface area contributed by atoms with Crippen molar-refractivity contribution in [1.29, 1.82) is 0 Å². The lowest BCUT2D eigenvalue weighted by Crippen LogP contribution is -2.45. The van der Waals surface area contributed by atoms with Gasteiger partial charge in [0.15, 0.2) is 0 Å². The molecule has 2 rings (SSSR count). The minimum atomic E-state index is 0.643. The molecule has 0 bridgehead atoms. The van der Waals surface area contributed by atoms with E-state index in [4.69, 9.17) is 0 Å². The first-order valence-corrected chi connectivity index (χ1v) is 5.76. The Morgan fingerprint density at radius 2 is 2.47 bits per heavy atom. The average molecular weight is 208 g/mol. The van der Waals surface area contributed by atoms with Crippen LogP contribution in [-0.2, 0) is 7.05 Å². The Morgan fingerprint density at radius 3 is 3.13 bits per heavy atom. The lowest BCUT2D eigenvalue weighted by Gasteiger charge is -2.33. The maximum atomic E-state index is 4.22. The minimum absolute atomic E-state index is 0.643. The Morgan fingerprint density at radius 1 is 1.60 bits per heavy atom. The number of piperidine rings is 1. The number of hydrogen-bond acceptors (Lipinski definition) is 3. The lowest BCUT2D eigenvalue weighted by molar-refractivity contribution is 0.431. The van der Waals surface area contributed by atoms with Crippen molar-refractivity contribution < 1.29 is 0 Å². The van der Waals surface area contributed by atoms with Crippen molar-refractivity contribution in [3.05, 3.63) is 12.4 Å². The van der Waals surface area contributed by atoms with Gasteiger partial charge in [0.1, 0.15) is 0 Å². The average Bonchev–Trinajstić information content (AvgIpc) is 2.66. The monoisotopic (exact) mass is 208 g/mol. The molecular formula is C11H20N4. The van der Waals surface area contributed by atoms with E-state index in [0.717, 1.165) is 19.6 Å². The van der Waals surface area contributed by atoms with Gasteiger partial charge in [0, 0.05) is 32.4 Å². The fraction of sp³-hybridized carbons (Fsp3) is 0.727. The van der Waals surface area contributed by atoms with Gasteiger partial charge < -0.3 is 10.2 Å². The molecule has 0 spiro atoms. The molecule has 0 saturated carbocycles. The van der Waals surface area contributed by atoms with E-state index >= 15 is 0 Å². The van der Waals surface area contributed by atoms with Gasteiger partial charge >= 0.3 is 0 Å². The van der Waals surface area contributed by atoms with Gasteiger partial charge in [-0.15, -0.1) is 0 Å². The van der Waals surface area contributed by atoms with Gasteiger partial charge in [0.25, 0.3) is 0 Å². The molecule has 1 unspecified atom stereocenters. The smallest absolute Gasteiger partial charge is 0.0752 e. The standard InChI is InChI=1S/C11H20N4/c1-3-12-10-5-4-6-15(8-10)11-7-13-14(2)9-11/h7,9-10,12H,3-6,8H2,1-2H3. The molecule has 1 fully saturated rings. The van der Waals surface area contributed by atoms with Crippen LogP contribution in [0.25, 0.3) is 0 Å². The number of nitrogens with one attached hydrogen (secondary N) is 1. The number of anilines is 1. The Kier molecular flexibility index (Phi) is 3.26. The number of hydrogen-bond donors (Lipinski definition) is 1. The molecule has 4 heteroatoms. The van der Waals surface area contributed by atoms with Gasteiger partial charge in [-0.1, -0.05) is 6.92 Å². The summed E-state index contributed by atoms with van der Waals surface area (Å²) in [5, 5.41) is 7.74. The van der Waals surface area contributed by atoms with Crippen molar-refractivity contribution >= 4 is 5.69 Å². The van der Waals surface area contributed by atoms with Crippen molar-refractivity contribution in [2.24, 2.45) is 7.05 Å². The summed E-state index contributed by atoms with van der Waals surface area (Å²) in [5.41, 5.74) is 1.25. The van der Waals surface area contributed by atoms with E-state index in [1.165, 1.54) is 18.5 Å². The summed E-state index contributed by atoms with van der Waals surface area (Å²) in [6.45, 7) is 5.50. The summed E-state index contributed by atoms with van der Waals surface area (Å²) < 4.78 is 1.87. The third kappa shape index (κ3) is 2.50. The maximum absolute atomic E-state index is 4.22. The Hall–Kier alpha value is -1.03. The summed E-state index contributed by atoms with van der Waals surface area (Å²) in [7, 11) is 1.97. The quantitative estimate of drug-likeness (QED) is 0.804. The summed E-state index contributed by atoms with van der Waals surface area (Å²) in [6.07, 6.45) is 6.61. The molecule has 1 aromatic heterocycles. The highest BCUT2D eigenvalue weighted by atomic mass is 15.3. The van der Waals surface area contributed by atoms with Crippen LogP contribution in [0.5, 0.6) is 0 Å². The van der Waals surface area contributed by atoms with Crippen molar-refractivity contribution in [2.75, 3.05) is 24.5 Å². The number of rotatable bonds is 3. The Labute approximate surface area is 91.3 Å². The SMILES string of the molecule is CCNC1CCCN(c2cnn(C)c2)C1. The normalized spacial score (nSPS) is 22.0. The Bertz CT molecular complexity index is 305. The summed E-state index contributed by atoms with van der Waals surface area (Å²) in [4.78, 5) is 2.42. The van der Waals surface area contributed by atoms with Crippen molar-refractivity contribution in [3.63, 3.8) is 0 Å². The topological polar surface area (TPSA) is 33.1 Å². The fourth-order valence-corrected chi connectivity index (χ4v) is 2.24. The zero-order chi connectivity index (χ0) is 10.7. The van der Waals surface area contributed by atoms with Gasteiger partial charge in [-0.2, -0.15) is 5.10 Å². The van der Waals surface area contributed by atoms with Gasteiger partial charge in [-0.25, -0.2) is 0 Å². The van der Waals surface area contributed by atoms with Crippen LogP contribution in [0.4, 0.5) is 5.69 Å². The lowest BCUT2D eigenvalue weighted by atomic mass is 10.1. The highest BCUT2D eigenvalue weighted by Gasteiger charge is 2.19. The Balaban J connectivity index is 1.98. The number of nitrogens with zero attached hydrogens (tertiary/aromatic N) is 3. The summed E-state index contributed by atoms with van der Waals surface area (Å²) in [6, 6.07) is 0.643. The van der Waals surface area contributed by atoms with Crippen LogP contribution in [-0.4, -0.2) is 35.5 Å². The highest BCUT2D eigenvalue weighted by molar-refractivity contribution is 5.42. The molecular weight excluding hydrogens is 188 g/mol. The second-order valence-electron chi connectivity index (χ2n) is 4.22. The molecule has 0 aliphatic carbocycles. The predicted molar refractivity (Wildman–Crippen MR) is 62.1 cm³/mol. The fourth-order valence-electron chi connectivity index (χ4n) is 2.24. The van der Waals surface area contributed by atoms with Crippen LogP contribution in [0.1, 0.15) is 19.8 Å². The van der Waals surface area contributed by atoms with E-state index in [-0.39, 0.29) is 0 Å². The second kappa shape index (κ2) is 4.66. The minimum Gasteiger partial charge on any atom is -0.367 e. The highest BCUT2D eigenvalue weighted by Crippen LogP contribution is 2.18. The van der Waals surface area contributed by atoms with Crippen LogP contribution < -0.4 is 10.2 Å². The van der Waals surface area contributed by atoms with E-state index in [0.29, 0.717) is 6.04 Å². The van der Waals surface area contributed by atoms with Crippen LogP contribution in [0, 0.1) is 0 Å². The number of aromatic nitrogens is 2. The van der Waals surface area contributed by atoms with Crippen LogP contribution >= 0.6 is 0 Å². The molecule has 1 N–H and O–H groups in total. The van der Waals surface area contributed by atoms with Crippen LogP contribution in [0.2, 0.25) is 0 Å². The molecule has 15 heavy (non-hydrogen) atoms. The van der Waals surface area contributed by atoms with Gasteiger partial charge in [0.05, 0.1) is 11.9 Å². The summed E-state index contributed by atoms with van der Waals surface area (Å²) in [5.74, 6) is 0. The zero-order valence-corrected chi connectivity index (χ0v) is 9.61. The molecule has 1 aromatic rings. The van der Waals surface area contributed by atoms with E-state index in [2.05, 4.69) is 28.4 Å². The molecule has 0 aromatic carbocycles. The largest absolute Gasteiger partial charge is 0.367 e. The van der Waals surface area contributed by atoms with Gasteiger partial charge in [-0.05, 0) is 19.4 Å². The molecule has 2 heterocycles. The molecule has 1 saturated heterocycles. The molecule has 0 amide bonds. The number of aryl methyl sites for hydroxylation is 1. The first kappa shape index (κ1) is 10.5. The second-order valence-corrected chi connectivity index (χ2v) is 4.22. The zero-order valence-electron chi connectivity index (χ0n) is 9.61. The van der Waals surface area contributed by atoms with E-state index < -0.39 is 0 Å².